The van der Waals surface area contributed by atoms with Crippen molar-refractivity contribution in [3.8, 4) is 0 Å². The Balaban J connectivity index is 1.69. The SMILES string of the molecule is Clc1ccc(CN2CCCNC(c3ccccc3)C2)cc1. The van der Waals surface area contributed by atoms with Crippen LogP contribution in [0.1, 0.15) is 23.6 Å². The van der Waals surface area contributed by atoms with Crippen LogP contribution in [0.25, 0.3) is 0 Å². The van der Waals surface area contributed by atoms with E-state index in [1.54, 1.807) is 0 Å². The maximum atomic E-state index is 5.96. The van der Waals surface area contributed by atoms with Gasteiger partial charge in [0.2, 0.25) is 0 Å². The Morgan fingerprint density at radius 1 is 1.05 bits per heavy atom. The second-order valence-electron chi connectivity index (χ2n) is 5.63. The van der Waals surface area contributed by atoms with E-state index in [4.69, 9.17) is 11.6 Å². The van der Waals surface area contributed by atoms with Gasteiger partial charge in [-0.25, -0.2) is 0 Å². The summed E-state index contributed by atoms with van der Waals surface area (Å²) in [5.41, 5.74) is 2.70. The van der Waals surface area contributed by atoms with Crippen molar-refractivity contribution in [3.05, 3.63) is 70.7 Å². The van der Waals surface area contributed by atoms with Gasteiger partial charge in [0, 0.05) is 24.2 Å². The van der Waals surface area contributed by atoms with Gasteiger partial charge in [-0.2, -0.15) is 0 Å². The third-order valence-corrected chi connectivity index (χ3v) is 4.26. The fraction of sp³-hybridized carbons (Fsp3) is 0.333. The molecule has 0 aromatic heterocycles. The molecule has 1 aliphatic rings. The average Bonchev–Trinajstić information content (AvgIpc) is 2.76. The summed E-state index contributed by atoms with van der Waals surface area (Å²) in [4.78, 5) is 2.53. The third-order valence-electron chi connectivity index (χ3n) is 4.00. The average molecular weight is 301 g/mol. The second-order valence-corrected chi connectivity index (χ2v) is 6.07. The maximum Gasteiger partial charge on any atom is 0.0449 e. The van der Waals surface area contributed by atoms with E-state index >= 15 is 0 Å². The first-order valence-electron chi connectivity index (χ1n) is 7.56. The minimum atomic E-state index is 0.418. The van der Waals surface area contributed by atoms with Crippen molar-refractivity contribution < 1.29 is 0 Å². The highest BCUT2D eigenvalue weighted by Gasteiger charge is 2.18. The lowest BCUT2D eigenvalue weighted by Gasteiger charge is -2.24. The molecule has 0 amide bonds. The Morgan fingerprint density at radius 2 is 1.81 bits per heavy atom. The monoisotopic (exact) mass is 300 g/mol. The normalized spacial score (nSPS) is 20.1. The van der Waals surface area contributed by atoms with Crippen molar-refractivity contribution in [1.29, 1.82) is 0 Å². The van der Waals surface area contributed by atoms with E-state index in [1.807, 2.05) is 12.1 Å². The molecule has 0 spiro atoms. The van der Waals surface area contributed by atoms with E-state index in [2.05, 4.69) is 52.7 Å². The number of rotatable bonds is 3. The van der Waals surface area contributed by atoms with Gasteiger partial charge in [0.1, 0.15) is 0 Å². The molecule has 2 nitrogen and oxygen atoms in total. The summed E-state index contributed by atoms with van der Waals surface area (Å²) in [7, 11) is 0. The van der Waals surface area contributed by atoms with Gasteiger partial charge in [-0.05, 0) is 42.8 Å². The molecule has 110 valence electrons. The molecule has 1 aliphatic heterocycles. The van der Waals surface area contributed by atoms with Crippen molar-refractivity contribution in [2.24, 2.45) is 0 Å². The van der Waals surface area contributed by atoms with Crippen LogP contribution in [-0.4, -0.2) is 24.5 Å². The number of nitrogens with zero attached hydrogens (tertiary/aromatic N) is 1. The lowest BCUT2D eigenvalue weighted by molar-refractivity contribution is 0.261. The highest BCUT2D eigenvalue weighted by atomic mass is 35.5. The molecule has 0 radical (unpaired) electrons. The Labute approximate surface area is 131 Å². The molecule has 21 heavy (non-hydrogen) atoms. The van der Waals surface area contributed by atoms with Crippen LogP contribution in [0.2, 0.25) is 5.02 Å². The van der Waals surface area contributed by atoms with Crippen LogP contribution in [0.3, 0.4) is 0 Å². The van der Waals surface area contributed by atoms with Crippen LogP contribution in [0.4, 0.5) is 0 Å². The first kappa shape index (κ1) is 14.6. The van der Waals surface area contributed by atoms with Crippen molar-refractivity contribution in [2.45, 2.75) is 19.0 Å². The van der Waals surface area contributed by atoms with Gasteiger partial charge >= 0.3 is 0 Å². The van der Waals surface area contributed by atoms with Crippen LogP contribution in [0, 0.1) is 0 Å². The summed E-state index contributed by atoms with van der Waals surface area (Å²) in [5.74, 6) is 0. The largest absolute Gasteiger partial charge is 0.309 e. The standard InChI is InChI=1S/C18H21ClN2/c19-17-9-7-15(8-10-17)13-21-12-4-11-20-18(14-21)16-5-2-1-3-6-16/h1-3,5-10,18,20H,4,11-14H2. The highest BCUT2D eigenvalue weighted by molar-refractivity contribution is 6.30. The highest BCUT2D eigenvalue weighted by Crippen LogP contribution is 2.19. The molecule has 2 aromatic carbocycles. The van der Waals surface area contributed by atoms with E-state index in [0.717, 1.165) is 31.2 Å². The first-order chi connectivity index (χ1) is 10.3. The van der Waals surface area contributed by atoms with Crippen LogP contribution in [0.5, 0.6) is 0 Å². The van der Waals surface area contributed by atoms with Crippen molar-refractivity contribution in [3.63, 3.8) is 0 Å². The second kappa shape index (κ2) is 7.08. The fourth-order valence-electron chi connectivity index (χ4n) is 2.89. The number of benzene rings is 2. The van der Waals surface area contributed by atoms with Gasteiger partial charge < -0.3 is 5.32 Å². The van der Waals surface area contributed by atoms with Gasteiger partial charge in [0.05, 0.1) is 0 Å². The molecule has 1 saturated heterocycles. The molecule has 1 fully saturated rings. The van der Waals surface area contributed by atoms with Gasteiger partial charge in [-0.1, -0.05) is 54.1 Å². The molecule has 0 bridgehead atoms. The van der Waals surface area contributed by atoms with E-state index < -0.39 is 0 Å². The maximum absolute atomic E-state index is 5.96. The Hall–Kier alpha value is -1.35. The topological polar surface area (TPSA) is 15.3 Å². The molecule has 2 aromatic rings. The van der Waals surface area contributed by atoms with E-state index in [9.17, 15) is 0 Å². The summed E-state index contributed by atoms with van der Waals surface area (Å²) in [6.07, 6.45) is 1.19. The Kier molecular flexibility index (Phi) is 4.91. The van der Waals surface area contributed by atoms with Crippen molar-refractivity contribution in [1.82, 2.24) is 10.2 Å². The smallest absolute Gasteiger partial charge is 0.0449 e. The van der Waals surface area contributed by atoms with Crippen molar-refractivity contribution in [2.75, 3.05) is 19.6 Å². The molecule has 1 heterocycles. The third kappa shape index (κ3) is 4.07. The Bertz CT molecular complexity index is 553. The summed E-state index contributed by atoms with van der Waals surface area (Å²) in [6, 6.07) is 19.3. The van der Waals surface area contributed by atoms with Crippen LogP contribution >= 0.6 is 11.6 Å². The summed E-state index contributed by atoms with van der Waals surface area (Å²) in [6.45, 7) is 4.25. The quantitative estimate of drug-likeness (QED) is 0.925. The zero-order chi connectivity index (χ0) is 14.5. The summed E-state index contributed by atoms with van der Waals surface area (Å²) in [5, 5.41) is 4.46. The van der Waals surface area contributed by atoms with Gasteiger partial charge in [0.25, 0.3) is 0 Å². The predicted octanol–water partition coefficient (Wildman–Crippen LogP) is 3.88. The lowest BCUT2D eigenvalue weighted by Crippen LogP contribution is -2.31. The minimum Gasteiger partial charge on any atom is -0.309 e. The van der Waals surface area contributed by atoms with Crippen LogP contribution < -0.4 is 5.32 Å². The van der Waals surface area contributed by atoms with Crippen LogP contribution in [0.15, 0.2) is 54.6 Å². The van der Waals surface area contributed by atoms with Gasteiger partial charge in [-0.15, -0.1) is 0 Å². The van der Waals surface area contributed by atoms with E-state index in [-0.39, 0.29) is 0 Å². The molecule has 3 heteroatoms. The fourth-order valence-corrected chi connectivity index (χ4v) is 3.02. The number of hydrogen-bond donors (Lipinski definition) is 1. The number of halogens is 1. The number of hydrogen-bond acceptors (Lipinski definition) is 2. The molecule has 0 saturated carbocycles. The van der Waals surface area contributed by atoms with Gasteiger partial charge in [0.15, 0.2) is 0 Å². The molecular formula is C18H21ClN2. The van der Waals surface area contributed by atoms with Crippen molar-refractivity contribution >= 4 is 11.6 Å². The van der Waals surface area contributed by atoms with Crippen LogP contribution in [-0.2, 0) is 6.54 Å². The minimum absolute atomic E-state index is 0.418. The first-order valence-corrected chi connectivity index (χ1v) is 7.94. The summed E-state index contributed by atoms with van der Waals surface area (Å²) < 4.78 is 0. The predicted molar refractivity (Wildman–Crippen MR) is 88.5 cm³/mol. The molecule has 1 atom stereocenters. The van der Waals surface area contributed by atoms with Gasteiger partial charge in [-0.3, -0.25) is 4.90 Å². The number of nitrogens with one attached hydrogen (secondary N) is 1. The molecule has 0 aliphatic carbocycles. The lowest BCUT2D eigenvalue weighted by atomic mass is 10.1. The van der Waals surface area contributed by atoms with E-state index in [0.29, 0.717) is 6.04 Å². The molecule has 1 unspecified atom stereocenters. The zero-order valence-electron chi connectivity index (χ0n) is 12.1. The van der Waals surface area contributed by atoms with E-state index in [1.165, 1.54) is 17.5 Å². The molecule has 1 N–H and O–H groups in total. The summed E-state index contributed by atoms with van der Waals surface area (Å²) >= 11 is 5.96. The molecule has 3 rings (SSSR count). The zero-order valence-corrected chi connectivity index (χ0v) is 12.9. The Morgan fingerprint density at radius 3 is 2.57 bits per heavy atom. The molecular weight excluding hydrogens is 280 g/mol.